The van der Waals surface area contributed by atoms with Gasteiger partial charge in [0, 0.05) is 27.1 Å². The van der Waals surface area contributed by atoms with Crippen LogP contribution in [0.2, 0.25) is 0 Å². The molecule has 0 aliphatic carbocycles. The molecular formula is C36H56B2N2O4+2. The number of fused-ring (bicyclic) bond motifs is 2. The maximum Gasteiger partial charge on any atom is 0.915 e. The minimum Gasteiger partial charge on any atom is -0.473 e. The van der Waals surface area contributed by atoms with Crippen molar-refractivity contribution in [2.75, 3.05) is 27.3 Å². The van der Waals surface area contributed by atoms with E-state index in [0.29, 0.717) is 0 Å². The van der Waals surface area contributed by atoms with Gasteiger partial charge in [0.25, 0.3) is 0 Å². The Labute approximate surface area is 268 Å². The molecule has 0 saturated carbocycles. The molecule has 44 heavy (non-hydrogen) atoms. The Morgan fingerprint density at radius 2 is 0.886 bits per heavy atom. The molecule has 0 aromatic heterocycles. The fraction of sp³-hybridized carbons (Fsp3) is 0.611. The monoisotopic (exact) mass is 602 g/mol. The van der Waals surface area contributed by atoms with Gasteiger partial charge >= 0.3 is 14.5 Å². The van der Waals surface area contributed by atoms with E-state index in [1.807, 2.05) is 0 Å². The Morgan fingerprint density at radius 3 is 1.16 bits per heavy atom. The van der Waals surface area contributed by atoms with Crippen molar-refractivity contribution in [2.24, 2.45) is 0 Å². The van der Waals surface area contributed by atoms with Crippen LogP contribution in [-0.4, -0.2) is 63.2 Å². The van der Waals surface area contributed by atoms with E-state index in [0.717, 1.165) is 48.6 Å². The van der Waals surface area contributed by atoms with Crippen molar-refractivity contribution < 1.29 is 27.6 Å². The fourth-order valence-electron chi connectivity index (χ4n) is 5.85. The summed E-state index contributed by atoms with van der Waals surface area (Å²) < 4.78 is 29.1. The number of hydrogen-bond acceptors (Lipinski definition) is 4. The van der Waals surface area contributed by atoms with Crippen molar-refractivity contribution >= 4 is 26.9 Å². The van der Waals surface area contributed by atoms with Crippen LogP contribution in [0.3, 0.4) is 0 Å². The summed E-state index contributed by atoms with van der Waals surface area (Å²) >= 11 is 0. The van der Waals surface area contributed by atoms with Crippen LogP contribution in [0.15, 0.2) is 24.3 Å². The standard InChI is InChI=1S/C36H56B2N2O4/c1-33(2,3)27-19-25-23-39(37(41-13)43-31(25)29(21-27)35(7,8)9)17-15-16-18-40-24-26-20-28(34(4,5)6)22-30(36(10,11)12)32(26)44-38(40)42-14/h19-24H,15-18H2,1-14H3/q+2. The maximum atomic E-state index is 6.53. The maximum absolute atomic E-state index is 6.53. The molecule has 4 rings (SSSR count). The molecule has 6 nitrogen and oxygen atoms in total. The lowest BCUT2D eigenvalue weighted by Crippen LogP contribution is -2.45. The first-order valence-corrected chi connectivity index (χ1v) is 16.2. The van der Waals surface area contributed by atoms with Crippen LogP contribution in [0.4, 0.5) is 0 Å². The Bertz CT molecular complexity index is 1330. The Morgan fingerprint density at radius 1 is 0.545 bits per heavy atom. The van der Waals surface area contributed by atoms with Gasteiger partial charge in [-0.15, -0.1) is 0 Å². The molecule has 2 heterocycles. The zero-order valence-electron chi connectivity index (χ0n) is 30.0. The normalized spacial score (nSPS) is 15.7. The van der Waals surface area contributed by atoms with Crippen molar-refractivity contribution in [1.82, 2.24) is 0 Å². The predicted octanol–water partition coefficient (Wildman–Crippen LogP) is 7.27. The molecule has 0 radical (unpaired) electrons. The molecule has 0 N–H and O–H groups in total. The van der Waals surface area contributed by atoms with Crippen molar-refractivity contribution in [2.45, 2.75) is 118 Å². The molecule has 2 aromatic carbocycles. The molecule has 0 spiro atoms. The Balaban J connectivity index is 1.58. The van der Waals surface area contributed by atoms with E-state index in [1.54, 1.807) is 14.2 Å². The van der Waals surface area contributed by atoms with E-state index in [2.05, 4.69) is 129 Å². The fourth-order valence-corrected chi connectivity index (χ4v) is 5.85. The van der Waals surface area contributed by atoms with E-state index in [-0.39, 0.29) is 21.7 Å². The number of hydrogen-bond donors (Lipinski definition) is 0. The quantitative estimate of drug-likeness (QED) is 0.247. The molecule has 238 valence electrons. The van der Waals surface area contributed by atoms with Crippen molar-refractivity contribution in [3.8, 4) is 11.5 Å². The minimum atomic E-state index is -0.459. The Hall–Kier alpha value is -2.57. The van der Waals surface area contributed by atoms with Crippen LogP contribution < -0.4 is 9.31 Å². The zero-order chi connectivity index (χ0) is 32.8. The van der Waals surface area contributed by atoms with Crippen molar-refractivity contribution in [3.63, 3.8) is 0 Å². The highest BCUT2D eigenvalue weighted by molar-refractivity contribution is 6.38. The van der Waals surface area contributed by atoms with E-state index in [9.17, 15) is 0 Å². The summed E-state index contributed by atoms with van der Waals surface area (Å²) in [6.45, 7) is 28.7. The minimum absolute atomic E-state index is 0.0383. The molecule has 0 saturated heterocycles. The average molecular weight is 602 g/mol. The lowest BCUT2D eigenvalue weighted by Gasteiger charge is -2.30. The third-order valence-electron chi connectivity index (χ3n) is 8.66. The van der Waals surface area contributed by atoms with Gasteiger partial charge in [-0.25, -0.2) is 8.97 Å². The van der Waals surface area contributed by atoms with Crippen LogP contribution in [0.25, 0.3) is 0 Å². The zero-order valence-corrected chi connectivity index (χ0v) is 30.0. The van der Waals surface area contributed by atoms with Gasteiger partial charge in [-0.2, -0.15) is 0 Å². The average Bonchev–Trinajstić information content (AvgIpc) is 2.90. The lowest BCUT2D eigenvalue weighted by atomic mass is 9.78. The van der Waals surface area contributed by atoms with Gasteiger partial charge in [0.1, 0.15) is 24.6 Å². The first-order chi connectivity index (χ1) is 20.2. The van der Waals surface area contributed by atoms with Gasteiger partial charge < -0.3 is 18.6 Å². The smallest absolute Gasteiger partial charge is 0.473 e. The molecule has 0 fully saturated rings. The highest BCUT2D eigenvalue weighted by Gasteiger charge is 2.46. The third-order valence-corrected chi connectivity index (χ3v) is 8.66. The van der Waals surface area contributed by atoms with Crippen LogP contribution in [0, 0.1) is 0 Å². The van der Waals surface area contributed by atoms with Gasteiger partial charge in [-0.3, -0.25) is 0 Å². The molecule has 2 aliphatic rings. The summed E-state index contributed by atoms with van der Waals surface area (Å²) in [7, 11) is 2.52. The van der Waals surface area contributed by atoms with Gasteiger partial charge in [-0.05, 0) is 56.0 Å². The van der Waals surface area contributed by atoms with Crippen LogP contribution in [0.1, 0.15) is 129 Å². The van der Waals surface area contributed by atoms with E-state index >= 15 is 0 Å². The number of nitrogens with zero attached hydrogens (tertiary/aromatic N) is 2. The van der Waals surface area contributed by atoms with Gasteiger partial charge in [0.15, 0.2) is 12.4 Å². The summed E-state index contributed by atoms with van der Waals surface area (Å²) in [6.07, 6.45) is 6.37. The molecular weight excluding hydrogens is 546 g/mol. The topological polar surface area (TPSA) is 42.9 Å². The second-order valence-electron chi connectivity index (χ2n) is 16.6. The number of rotatable bonds is 7. The molecule has 2 aromatic rings. The Kier molecular flexibility index (Phi) is 9.61. The van der Waals surface area contributed by atoms with Gasteiger partial charge in [-0.1, -0.05) is 95.2 Å². The molecule has 2 aliphatic heterocycles. The van der Waals surface area contributed by atoms with E-state index in [4.69, 9.17) is 18.6 Å². The first kappa shape index (κ1) is 34.3. The summed E-state index contributed by atoms with van der Waals surface area (Å²) in [5.41, 5.74) is 7.27. The third kappa shape index (κ3) is 7.45. The highest BCUT2D eigenvalue weighted by Crippen LogP contribution is 2.40. The molecule has 0 amide bonds. The van der Waals surface area contributed by atoms with E-state index < -0.39 is 14.5 Å². The molecule has 0 bridgehead atoms. The second-order valence-corrected chi connectivity index (χ2v) is 16.6. The summed E-state index contributed by atoms with van der Waals surface area (Å²) in [5, 5.41) is 0. The van der Waals surface area contributed by atoms with Gasteiger partial charge in [0.05, 0.1) is 11.1 Å². The number of benzene rings is 2. The summed E-state index contributed by atoms with van der Waals surface area (Å²) in [6, 6.07) is 9.18. The highest BCUT2D eigenvalue weighted by atomic mass is 16.6. The summed E-state index contributed by atoms with van der Waals surface area (Å²) in [4.78, 5) is 0. The predicted molar refractivity (Wildman–Crippen MR) is 184 cm³/mol. The molecule has 0 atom stereocenters. The molecule has 8 heteroatoms. The molecule has 0 unspecified atom stereocenters. The van der Waals surface area contributed by atoms with Crippen LogP contribution in [-0.2, 0) is 31.0 Å². The van der Waals surface area contributed by atoms with Crippen molar-refractivity contribution in [1.29, 1.82) is 0 Å². The van der Waals surface area contributed by atoms with Crippen LogP contribution >= 0.6 is 0 Å². The lowest BCUT2D eigenvalue weighted by molar-refractivity contribution is -0.430. The van der Waals surface area contributed by atoms with E-state index in [1.165, 1.54) is 22.3 Å². The second kappa shape index (κ2) is 12.3. The summed E-state index contributed by atoms with van der Waals surface area (Å²) in [5.74, 6) is 1.86. The van der Waals surface area contributed by atoms with Crippen LogP contribution in [0.5, 0.6) is 11.5 Å². The number of unbranched alkanes of at least 4 members (excludes halogenated alkanes) is 1. The largest absolute Gasteiger partial charge is 0.915 e. The van der Waals surface area contributed by atoms with Crippen molar-refractivity contribution in [3.05, 3.63) is 57.6 Å². The SMILES string of the molecule is COB1Oc2c(cc(C(C)(C)C)cc2C(C)(C)C)C=[N+]1CCCC[N+]1=Cc2cc(C(C)(C)C)cc(C(C)(C)C)c2OB1OC. The first-order valence-electron chi connectivity index (χ1n) is 16.2. The van der Waals surface area contributed by atoms with Gasteiger partial charge in [0.2, 0.25) is 0 Å².